The van der Waals surface area contributed by atoms with Crippen molar-refractivity contribution < 1.29 is 19.1 Å². The Morgan fingerprint density at radius 2 is 1.96 bits per heavy atom. The van der Waals surface area contributed by atoms with E-state index in [2.05, 4.69) is 26.0 Å². The molecule has 1 atom stereocenters. The van der Waals surface area contributed by atoms with Gasteiger partial charge in [-0.3, -0.25) is 4.79 Å². The molecule has 0 unspecified atom stereocenters. The van der Waals surface area contributed by atoms with Crippen LogP contribution in [0, 0.1) is 11.3 Å². The fraction of sp³-hybridized carbons (Fsp3) is 0.190. The van der Waals surface area contributed by atoms with Gasteiger partial charge in [0.2, 0.25) is 0 Å². The zero-order valence-corrected chi connectivity index (χ0v) is 17.0. The van der Waals surface area contributed by atoms with Gasteiger partial charge in [0.15, 0.2) is 6.61 Å². The van der Waals surface area contributed by atoms with Crippen LogP contribution in [0.4, 0.5) is 0 Å². The Morgan fingerprint density at radius 1 is 1.25 bits per heavy atom. The first kappa shape index (κ1) is 21.2. The maximum Gasteiger partial charge on any atom is 0.343 e. The molecule has 2 rings (SSSR count). The lowest BCUT2D eigenvalue weighted by atomic mass is 10.1. The van der Waals surface area contributed by atoms with Gasteiger partial charge in [-0.05, 0) is 36.8 Å². The minimum atomic E-state index is -0.534. The summed E-state index contributed by atoms with van der Waals surface area (Å²) in [5.41, 5.74) is 1.33. The Hall–Kier alpha value is -3.11. The minimum absolute atomic E-state index is 0.0798. The number of rotatable bonds is 7. The molecule has 0 aliphatic heterocycles. The third-order valence-corrected chi connectivity index (χ3v) is 4.35. The molecule has 0 spiro atoms. The number of hydrogen-bond acceptors (Lipinski definition) is 5. The molecule has 0 aliphatic carbocycles. The molecule has 0 fully saturated rings. The zero-order chi connectivity index (χ0) is 20.5. The molecule has 1 N–H and O–H groups in total. The summed E-state index contributed by atoms with van der Waals surface area (Å²) < 4.78 is 10.7. The lowest BCUT2D eigenvalue weighted by Gasteiger charge is -2.14. The Labute approximate surface area is 171 Å². The summed E-state index contributed by atoms with van der Waals surface area (Å²) in [4.78, 5) is 23.9. The Balaban J connectivity index is 2.23. The quantitative estimate of drug-likeness (QED) is 0.400. The number of methoxy groups -OCH3 is 1. The molecule has 0 saturated carbocycles. The Morgan fingerprint density at radius 3 is 2.61 bits per heavy atom. The van der Waals surface area contributed by atoms with Crippen LogP contribution in [-0.4, -0.2) is 25.6 Å². The van der Waals surface area contributed by atoms with Crippen molar-refractivity contribution in [2.45, 2.75) is 13.0 Å². The van der Waals surface area contributed by atoms with Crippen molar-refractivity contribution in [2.24, 2.45) is 0 Å². The largest absolute Gasteiger partial charge is 0.481 e. The average Bonchev–Trinajstić information content (AvgIpc) is 2.71. The van der Waals surface area contributed by atoms with E-state index in [-0.39, 0.29) is 18.2 Å². The van der Waals surface area contributed by atoms with E-state index in [9.17, 15) is 14.9 Å². The Bertz CT molecular complexity index is 920. The molecule has 28 heavy (non-hydrogen) atoms. The number of ether oxygens (including phenoxy) is 2. The molecule has 0 heterocycles. The number of amides is 1. The predicted octanol–water partition coefficient (Wildman–Crippen LogP) is 3.79. The molecule has 2 aromatic rings. The second kappa shape index (κ2) is 10.3. The number of nitrogens with one attached hydrogen (secondary N) is 1. The standard InChI is InChI=1S/C21H19BrN2O4/c1-14(15-6-4-3-5-7-15)24-21(26)17(12-23)10-16-11-18(22)8-9-19(16)28-13-20(25)27-2/h3-11,14H,13H2,1-2H3,(H,24,26)/b17-10-/t14-/m0/s1. The first-order valence-electron chi connectivity index (χ1n) is 8.41. The number of hydrogen-bond donors (Lipinski definition) is 1. The van der Waals surface area contributed by atoms with Crippen molar-refractivity contribution in [3.8, 4) is 11.8 Å². The summed E-state index contributed by atoms with van der Waals surface area (Å²) in [6.45, 7) is 1.56. The number of esters is 1. The normalized spacial score (nSPS) is 11.9. The van der Waals surface area contributed by atoms with Crippen LogP contribution in [0.3, 0.4) is 0 Å². The third-order valence-electron chi connectivity index (χ3n) is 3.86. The minimum Gasteiger partial charge on any atom is -0.481 e. The maximum atomic E-state index is 12.5. The molecule has 2 aromatic carbocycles. The summed E-state index contributed by atoms with van der Waals surface area (Å²) in [5.74, 6) is -0.684. The summed E-state index contributed by atoms with van der Waals surface area (Å²) in [7, 11) is 1.26. The fourth-order valence-electron chi connectivity index (χ4n) is 2.36. The zero-order valence-electron chi connectivity index (χ0n) is 15.4. The van der Waals surface area contributed by atoms with Crippen LogP contribution in [0.1, 0.15) is 24.1 Å². The highest BCUT2D eigenvalue weighted by molar-refractivity contribution is 9.10. The SMILES string of the molecule is COC(=O)COc1ccc(Br)cc1/C=C(/C#N)C(=O)N[C@@H](C)c1ccccc1. The van der Waals surface area contributed by atoms with E-state index in [0.717, 1.165) is 10.0 Å². The van der Waals surface area contributed by atoms with Crippen LogP contribution in [-0.2, 0) is 14.3 Å². The lowest BCUT2D eigenvalue weighted by Crippen LogP contribution is -2.27. The first-order chi connectivity index (χ1) is 13.4. The molecule has 0 aromatic heterocycles. The molecule has 7 heteroatoms. The third kappa shape index (κ3) is 5.96. The van der Waals surface area contributed by atoms with Gasteiger partial charge >= 0.3 is 5.97 Å². The van der Waals surface area contributed by atoms with Gasteiger partial charge in [0.1, 0.15) is 17.4 Å². The highest BCUT2D eigenvalue weighted by atomic mass is 79.9. The van der Waals surface area contributed by atoms with Crippen LogP contribution >= 0.6 is 15.9 Å². The average molecular weight is 443 g/mol. The number of nitriles is 1. The lowest BCUT2D eigenvalue weighted by molar-refractivity contribution is -0.142. The molecule has 0 radical (unpaired) electrons. The van der Waals surface area contributed by atoms with E-state index in [1.165, 1.54) is 13.2 Å². The van der Waals surface area contributed by atoms with Gasteiger partial charge in [-0.15, -0.1) is 0 Å². The fourth-order valence-corrected chi connectivity index (χ4v) is 2.74. The van der Waals surface area contributed by atoms with Crippen LogP contribution < -0.4 is 10.1 Å². The van der Waals surface area contributed by atoms with Crippen molar-refractivity contribution in [2.75, 3.05) is 13.7 Å². The van der Waals surface area contributed by atoms with Gasteiger partial charge in [-0.25, -0.2) is 4.79 Å². The van der Waals surface area contributed by atoms with Crippen molar-refractivity contribution >= 4 is 33.9 Å². The molecular weight excluding hydrogens is 424 g/mol. The van der Waals surface area contributed by atoms with Gasteiger partial charge in [0.25, 0.3) is 5.91 Å². The molecular formula is C21H19BrN2O4. The van der Waals surface area contributed by atoms with Crippen LogP contribution in [0.25, 0.3) is 6.08 Å². The molecule has 0 bridgehead atoms. The smallest absolute Gasteiger partial charge is 0.343 e. The number of nitrogens with zero attached hydrogens (tertiary/aromatic N) is 1. The molecule has 6 nitrogen and oxygen atoms in total. The van der Waals surface area contributed by atoms with E-state index in [1.807, 2.05) is 43.3 Å². The van der Waals surface area contributed by atoms with Crippen LogP contribution in [0.2, 0.25) is 0 Å². The van der Waals surface area contributed by atoms with Gasteiger partial charge in [-0.2, -0.15) is 5.26 Å². The van der Waals surface area contributed by atoms with Gasteiger partial charge < -0.3 is 14.8 Å². The first-order valence-corrected chi connectivity index (χ1v) is 9.20. The van der Waals surface area contributed by atoms with Crippen molar-refractivity contribution in [1.82, 2.24) is 5.32 Å². The van der Waals surface area contributed by atoms with E-state index in [4.69, 9.17) is 4.74 Å². The second-order valence-corrected chi connectivity index (χ2v) is 6.74. The molecule has 144 valence electrons. The monoisotopic (exact) mass is 442 g/mol. The molecule has 0 saturated heterocycles. The van der Waals surface area contributed by atoms with E-state index < -0.39 is 11.9 Å². The van der Waals surface area contributed by atoms with Crippen molar-refractivity contribution in [3.05, 3.63) is 69.7 Å². The van der Waals surface area contributed by atoms with E-state index in [1.54, 1.807) is 18.2 Å². The highest BCUT2D eigenvalue weighted by Crippen LogP contribution is 2.26. The number of carbonyl (C=O) groups is 2. The molecule has 1 amide bonds. The maximum absolute atomic E-state index is 12.5. The Kier molecular flexibility index (Phi) is 7.78. The summed E-state index contributed by atoms with van der Waals surface area (Å²) in [6.07, 6.45) is 1.42. The topological polar surface area (TPSA) is 88.4 Å². The van der Waals surface area contributed by atoms with Gasteiger partial charge in [0.05, 0.1) is 13.2 Å². The van der Waals surface area contributed by atoms with Crippen molar-refractivity contribution in [3.63, 3.8) is 0 Å². The number of halogens is 1. The summed E-state index contributed by atoms with van der Waals surface area (Å²) >= 11 is 3.35. The summed E-state index contributed by atoms with van der Waals surface area (Å²) in [6, 6.07) is 16.2. The van der Waals surface area contributed by atoms with Gasteiger partial charge in [0, 0.05) is 10.0 Å². The van der Waals surface area contributed by atoms with E-state index in [0.29, 0.717) is 11.3 Å². The number of carbonyl (C=O) groups excluding carboxylic acids is 2. The van der Waals surface area contributed by atoms with Crippen molar-refractivity contribution in [1.29, 1.82) is 5.26 Å². The highest BCUT2D eigenvalue weighted by Gasteiger charge is 2.15. The van der Waals surface area contributed by atoms with E-state index >= 15 is 0 Å². The van der Waals surface area contributed by atoms with Crippen LogP contribution in [0.5, 0.6) is 5.75 Å². The molecule has 0 aliphatic rings. The number of benzene rings is 2. The summed E-state index contributed by atoms with van der Waals surface area (Å²) in [5, 5.41) is 12.3. The predicted molar refractivity (Wildman–Crippen MR) is 108 cm³/mol. The van der Waals surface area contributed by atoms with Gasteiger partial charge in [-0.1, -0.05) is 46.3 Å². The van der Waals surface area contributed by atoms with Crippen LogP contribution in [0.15, 0.2) is 58.6 Å². The second-order valence-electron chi connectivity index (χ2n) is 5.82.